The van der Waals surface area contributed by atoms with Crippen molar-refractivity contribution in [2.75, 3.05) is 7.05 Å². The molecule has 1 atom stereocenters. The number of nitrogens with zero attached hydrogens (tertiary/aromatic N) is 1. The standard InChI is InChI=1S/C9H19NO.Tb/c1-5-7-9(11,6-2)8(3)10-4;/h11H,5-7H2,1-4H3;. The fraction of sp³-hybridized carbons (Fsp3) is 0.889. The average Bonchev–Trinajstić information content (AvgIpc) is 2.03. The first-order chi connectivity index (χ1) is 5.10. The number of hydrogen-bond donors (Lipinski definition) is 1. The fourth-order valence-corrected chi connectivity index (χ4v) is 1.24. The van der Waals surface area contributed by atoms with Crippen LogP contribution in [0.1, 0.15) is 40.0 Å². The predicted octanol–water partition coefficient (Wildman–Crippen LogP) is 2.02. The van der Waals surface area contributed by atoms with Crippen molar-refractivity contribution in [3.8, 4) is 0 Å². The molecular formula is C9H19NOTb. The molecule has 1 unspecified atom stereocenters. The van der Waals surface area contributed by atoms with Gasteiger partial charge in [-0.1, -0.05) is 20.3 Å². The first-order valence-corrected chi connectivity index (χ1v) is 4.27. The van der Waals surface area contributed by atoms with E-state index in [9.17, 15) is 5.11 Å². The second kappa shape index (κ2) is 7.33. The van der Waals surface area contributed by atoms with Gasteiger partial charge in [0.05, 0.1) is 0 Å². The quantitative estimate of drug-likeness (QED) is 0.791. The van der Waals surface area contributed by atoms with Crippen LogP contribution in [-0.4, -0.2) is 23.5 Å². The van der Waals surface area contributed by atoms with Gasteiger partial charge in [0.2, 0.25) is 0 Å². The van der Waals surface area contributed by atoms with E-state index >= 15 is 0 Å². The number of rotatable bonds is 4. The molecule has 2 nitrogen and oxygen atoms in total. The smallest absolute Gasteiger partial charge is 0.102 e. The normalized spacial score (nSPS) is 16.6. The van der Waals surface area contributed by atoms with E-state index in [1.807, 2.05) is 13.8 Å². The van der Waals surface area contributed by atoms with Crippen LogP contribution in [0.4, 0.5) is 0 Å². The van der Waals surface area contributed by atoms with Gasteiger partial charge in [-0.05, 0) is 19.8 Å². The summed E-state index contributed by atoms with van der Waals surface area (Å²) in [6.45, 7) is 5.95. The summed E-state index contributed by atoms with van der Waals surface area (Å²) in [5.74, 6) is 0. The van der Waals surface area contributed by atoms with E-state index < -0.39 is 5.60 Å². The van der Waals surface area contributed by atoms with Gasteiger partial charge < -0.3 is 5.11 Å². The van der Waals surface area contributed by atoms with Gasteiger partial charge in [-0.3, -0.25) is 4.99 Å². The monoisotopic (exact) mass is 316 g/mol. The molecule has 1 radical (unpaired) electrons. The van der Waals surface area contributed by atoms with Gasteiger partial charge in [-0.15, -0.1) is 0 Å². The Bertz CT molecular complexity index is 147. The Hall–Kier alpha value is 0.916. The zero-order valence-corrected chi connectivity index (χ0v) is 10.5. The summed E-state index contributed by atoms with van der Waals surface area (Å²) in [4.78, 5) is 4.02. The first kappa shape index (κ1) is 15.4. The van der Waals surface area contributed by atoms with Crippen LogP contribution in [0, 0.1) is 38.6 Å². The maximum absolute atomic E-state index is 9.96. The molecule has 0 saturated carbocycles. The fourth-order valence-electron chi connectivity index (χ4n) is 1.24. The van der Waals surface area contributed by atoms with Crippen molar-refractivity contribution < 1.29 is 43.7 Å². The summed E-state index contributed by atoms with van der Waals surface area (Å²) in [6.07, 6.45) is 2.56. The molecule has 0 aliphatic carbocycles. The Labute approximate surface area is 106 Å². The Balaban J connectivity index is 0. The van der Waals surface area contributed by atoms with Gasteiger partial charge in [0.1, 0.15) is 5.60 Å². The molecule has 0 heterocycles. The van der Waals surface area contributed by atoms with Crippen LogP contribution in [0.5, 0.6) is 0 Å². The molecule has 0 aromatic heterocycles. The summed E-state index contributed by atoms with van der Waals surface area (Å²) < 4.78 is 0. The van der Waals surface area contributed by atoms with Crippen molar-refractivity contribution in [2.45, 2.75) is 45.6 Å². The first-order valence-electron chi connectivity index (χ1n) is 4.27. The molecule has 0 spiro atoms. The molecule has 1 N–H and O–H groups in total. The maximum atomic E-state index is 9.96. The zero-order valence-electron chi connectivity index (χ0n) is 8.35. The van der Waals surface area contributed by atoms with Crippen molar-refractivity contribution in [1.29, 1.82) is 0 Å². The van der Waals surface area contributed by atoms with Crippen LogP contribution in [-0.2, 0) is 0 Å². The van der Waals surface area contributed by atoms with Crippen LogP contribution in [0.15, 0.2) is 4.99 Å². The van der Waals surface area contributed by atoms with E-state index in [1.54, 1.807) is 7.05 Å². The van der Waals surface area contributed by atoms with Crippen molar-refractivity contribution in [3.05, 3.63) is 0 Å². The molecular weight excluding hydrogens is 297 g/mol. The molecule has 0 amide bonds. The zero-order chi connectivity index (χ0) is 8.91. The van der Waals surface area contributed by atoms with Crippen LogP contribution in [0.2, 0.25) is 0 Å². The van der Waals surface area contributed by atoms with Gasteiger partial charge in [-0.25, -0.2) is 0 Å². The third-order valence-electron chi connectivity index (χ3n) is 2.26. The van der Waals surface area contributed by atoms with Crippen LogP contribution >= 0.6 is 0 Å². The molecule has 0 rings (SSSR count). The molecule has 75 valence electrons. The summed E-state index contributed by atoms with van der Waals surface area (Å²) in [6, 6.07) is 0. The Morgan fingerprint density at radius 1 is 1.42 bits per heavy atom. The molecule has 3 heteroatoms. The molecule has 0 aromatic rings. The topological polar surface area (TPSA) is 32.6 Å². The predicted molar refractivity (Wildman–Crippen MR) is 49.2 cm³/mol. The number of aliphatic hydroxyl groups is 1. The second-order valence-corrected chi connectivity index (χ2v) is 2.94. The van der Waals surface area contributed by atoms with Crippen molar-refractivity contribution in [3.63, 3.8) is 0 Å². The molecule has 0 aromatic carbocycles. The molecule has 0 aliphatic heterocycles. The van der Waals surface area contributed by atoms with Crippen molar-refractivity contribution in [1.82, 2.24) is 0 Å². The maximum Gasteiger partial charge on any atom is 0.102 e. The summed E-state index contributed by atoms with van der Waals surface area (Å²) in [7, 11) is 1.73. The van der Waals surface area contributed by atoms with Crippen molar-refractivity contribution >= 4 is 5.71 Å². The van der Waals surface area contributed by atoms with E-state index in [1.165, 1.54) is 0 Å². The Morgan fingerprint density at radius 2 is 1.92 bits per heavy atom. The Morgan fingerprint density at radius 3 is 2.17 bits per heavy atom. The second-order valence-electron chi connectivity index (χ2n) is 2.94. The molecule has 0 bridgehead atoms. The SMILES string of the molecule is CCCC(O)(CC)C(C)=NC.[Tb]. The summed E-state index contributed by atoms with van der Waals surface area (Å²) in [5.41, 5.74) is 0.200. The number of hydrogen-bond acceptors (Lipinski definition) is 2. The van der Waals surface area contributed by atoms with E-state index in [4.69, 9.17) is 0 Å². The van der Waals surface area contributed by atoms with Crippen molar-refractivity contribution in [2.24, 2.45) is 4.99 Å². The minimum atomic E-state index is -0.649. The van der Waals surface area contributed by atoms with Gasteiger partial charge in [0, 0.05) is 51.4 Å². The Kier molecular flexibility index (Phi) is 9.40. The van der Waals surface area contributed by atoms with Gasteiger partial charge in [0.15, 0.2) is 0 Å². The minimum absolute atomic E-state index is 0. The van der Waals surface area contributed by atoms with Crippen LogP contribution in [0.3, 0.4) is 0 Å². The molecule has 12 heavy (non-hydrogen) atoms. The van der Waals surface area contributed by atoms with E-state index in [0.717, 1.165) is 25.0 Å². The summed E-state index contributed by atoms with van der Waals surface area (Å²) >= 11 is 0. The third kappa shape index (κ3) is 4.24. The molecule has 0 fully saturated rings. The largest absolute Gasteiger partial charge is 0.384 e. The third-order valence-corrected chi connectivity index (χ3v) is 2.26. The number of aliphatic imine (C=N–C) groups is 1. The minimum Gasteiger partial charge on any atom is -0.384 e. The van der Waals surface area contributed by atoms with Gasteiger partial charge in [-0.2, -0.15) is 0 Å². The van der Waals surface area contributed by atoms with Gasteiger partial charge in [0.25, 0.3) is 0 Å². The van der Waals surface area contributed by atoms with Crippen LogP contribution in [0.25, 0.3) is 0 Å². The summed E-state index contributed by atoms with van der Waals surface area (Å²) in [5, 5.41) is 9.96. The molecule has 0 saturated heterocycles. The molecule has 0 aliphatic rings. The average molecular weight is 316 g/mol. The van der Waals surface area contributed by atoms with E-state index in [0.29, 0.717) is 0 Å². The van der Waals surface area contributed by atoms with E-state index in [2.05, 4.69) is 11.9 Å². The van der Waals surface area contributed by atoms with E-state index in [-0.39, 0.29) is 38.6 Å². The van der Waals surface area contributed by atoms with Gasteiger partial charge >= 0.3 is 0 Å². The van der Waals surface area contributed by atoms with Crippen LogP contribution < -0.4 is 0 Å².